The van der Waals surface area contributed by atoms with Gasteiger partial charge in [0.15, 0.2) is 0 Å². The lowest BCUT2D eigenvalue weighted by Crippen LogP contribution is -2.36. The molecule has 3 fully saturated rings. The zero-order valence-corrected chi connectivity index (χ0v) is 13.0. The van der Waals surface area contributed by atoms with Crippen molar-refractivity contribution < 1.29 is 0 Å². The van der Waals surface area contributed by atoms with Crippen molar-refractivity contribution in [2.75, 3.05) is 6.54 Å². The van der Waals surface area contributed by atoms with Crippen LogP contribution in [-0.4, -0.2) is 12.6 Å². The van der Waals surface area contributed by atoms with Crippen molar-refractivity contribution >= 4 is 27.3 Å². The quantitative estimate of drug-likeness (QED) is 0.854. The van der Waals surface area contributed by atoms with Crippen LogP contribution in [0.25, 0.3) is 0 Å². The Labute approximate surface area is 121 Å². The molecule has 4 rings (SSSR count). The minimum absolute atomic E-state index is 0.584. The van der Waals surface area contributed by atoms with Gasteiger partial charge in [0.25, 0.3) is 0 Å². The van der Waals surface area contributed by atoms with Crippen molar-refractivity contribution in [2.24, 2.45) is 17.3 Å². The number of fused-ring (bicyclic) bond motifs is 1. The second-order valence-corrected chi connectivity index (χ2v) is 8.64. The molecule has 1 nitrogen and oxygen atoms in total. The van der Waals surface area contributed by atoms with Crippen molar-refractivity contribution in [3.05, 3.63) is 20.8 Å². The fourth-order valence-electron chi connectivity index (χ4n) is 3.82. The van der Waals surface area contributed by atoms with Gasteiger partial charge in [-0.15, -0.1) is 11.3 Å². The van der Waals surface area contributed by atoms with Crippen LogP contribution < -0.4 is 5.32 Å². The number of hydrogen-bond acceptors (Lipinski definition) is 2. The highest BCUT2D eigenvalue weighted by Gasteiger charge is 2.53. The SMILES string of the molecule is Brc1csc(CC2(CNC3CC3)CC3CC3C2)c1. The fourth-order valence-corrected chi connectivity index (χ4v) is 5.45. The van der Waals surface area contributed by atoms with Crippen LogP contribution in [0.5, 0.6) is 0 Å². The summed E-state index contributed by atoms with van der Waals surface area (Å²) >= 11 is 5.51. The van der Waals surface area contributed by atoms with Crippen LogP contribution in [0.3, 0.4) is 0 Å². The molecule has 0 saturated heterocycles. The molecule has 3 heteroatoms. The summed E-state index contributed by atoms with van der Waals surface area (Å²) in [4.78, 5) is 1.57. The molecule has 0 spiro atoms. The van der Waals surface area contributed by atoms with Crippen LogP contribution in [0.15, 0.2) is 15.9 Å². The third-order valence-corrected chi connectivity index (χ3v) is 6.67. The summed E-state index contributed by atoms with van der Waals surface area (Å²) in [6.07, 6.45) is 8.61. The minimum atomic E-state index is 0.584. The number of rotatable bonds is 5. The third-order valence-electron chi connectivity index (χ3n) is 4.97. The van der Waals surface area contributed by atoms with Crippen molar-refractivity contribution in [2.45, 2.75) is 44.6 Å². The Balaban J connectivity index is 1.47. The monoisotopic (exact) mass is 325 g/mol. The van der Waals surface area contributed by atoms with Crippen LogP contribution in [0, 0.1) is 17.3 Å². The summed E-state index contributed by atoms with van der Waals surface area (Å²) in [7, 11) is 0. The van der Waals surface area contributed by atoms with E-state index in [1.165, 1.54) is 49.5 Å². The van der Waals surface area contributed by atoms with Crippen LogP contribution in [0.2, 0.25) is 0 Å². The molecule has 3 saturated carbocycles. The van der Waals surface area contributed by atoms with Gasteiger partial charge < -0.3 is 5.32 Å². The molecule has 1 heterocycles. The molecule has 1 aromatic heterocycles. The van der Waals surface area contributed by atoms with Gasteiger partial charge in [0, 0.05) is 27.3 Å². The number of halogens is 1. The molecule has 18 heavy (non-hydrogen) atoms. The van der Waals surface area contributed by atoms with E-state index in [0.29, 0.717) is 5.41 Å². The fraction of sp³-hybridized carbons (Fsp3) is 0.733. The zero-order chi connectivity index (χ0) is 12.2. The van der Waals surface area contributed by atoms with Crippen LogP contribution in [0.4, 0.5) is 0 Å². The molecule has 2 atom stereocenters. The Morgan fingerprint density at radius 3 is 2.72 bits per heavy atom. The highest BCUT2D eigenvalue weighted by Crippen LogP contribution is 2.61. The van der Waals surface area contributed by atoms with E-state index in [-0.39, 0.29) is 0 Å². The van der Waals surface area contributed by atoms with E-state index >= 15 is 0 Å². The molecule has 0 bridgehead atoms. The van der Waals surface area contributed by atoms with Crippen molar-refractivity contribution in [1.29, 1.82) is 0 Å². The standard InChI is InChI=1S/C15H20BrNS/c16-12-4-14(18-8-12)7-15(9-17-13-1-2-13)5-10-3-11(10)6-15/h4,8,10-11,13,17H,1-3,5-7,9H2. The van der Waals surface area contributed by atoms with E-state index in [1.807, 2.05) is 11.3 Å². The highest BCUT2D eigenvalue weighted by molar-refractivity contribution is 9.10. The zero-order valence-electron chi connectivity index (χ0n) is 10.6. The van der Waals surface area contributed by atoms with Gasteiger partial charge in [0.05, 0.1) is 0 Å². The Bertz CT molecular complexity index is 441. The van der Waals surface area contributed by atoms with Gasteiger partial charge in [0.1, 0.15) is 0 Å². The molecule has 3 aliphatic carbocycles. The first-order valence-electron chi connectivity index (χ1n) is 7.19. The van der Waals surface area contributed by atoms with E-state index in [0.717, 1.165) is 17.9 Å². The maximum absolute atomic E-state index is 3.80. The Kier molecular flexibility index (Phi) is 2.86. The first-order chi connectivity index (χ1) is 8.72. The molecule has 98 valence electrons. The van der Waals surface area contributed by atoms with Gasteiger partial charge in [-0.2, -0.15) is 0 Å². The number of thiophene rings is 1. The smallest absolute Gasteiger partial charge is 0.0285 e. The summed E-state index contributed by atoms with van der Waals surface area (Å²) in [5, 5.41) is 6.03. The first kappa shape index (κ1) is 11.9. The topological polar surface area (TPSA) is 12.0 Å². The summed E-state index contributed by atoms with van der Waals surface area (Å²) in [6.45, 7) is 1.26. The number of nitrogens with one attached hydrogen (secondary N) is 1. The molecule has 2 unspecified atom stereocenters. The van der Waals surface area contributed by atoms with E-state index in [2.05, 4.69) is 32.7 Å². The lowest BCUT2D eigenvalue weighted by atomic mass is 9.79. The molecule has 3 aliphatic rings. The van der Waals surface area contributed by atoms with Crippen LogP contribution in [0.1, 0.15) is 37.0 Å². The minimum Gasteiger partial charge on any atom is -0.313 e. The van der Waals surface area contributed by atoms with E-state index in [1.54, 1.807) is 4.88 Å². The first-order valence-corrected chi connectivity index (χ1v) is 8.86. The molecule has 0 amide bonds. The third kappa shape index (κ3) is 2.41. The average molecular weight is 326 g/mol. The van der Waals surface area contributed by atoms with Crippen molar-refractivity contribution in [1.82, 2.24) is 5.32 Å². The Morgan fingerprint density at radius 1 is 1.33 bits per heavy atom. The average Bonchev–Trinajstić information content (AvgIpc) is 3.23. The Hall–Kier alpha value is 0.140. The molecular weight excluding hydrogens is 306 g/mol. The maximum atomic E-state index is 3.80. The second kappa shape index (κ2) is 4.32. The lowest BCUT2D eigenvalue weighted by Gasteiger charge is -2.31. The van der Waals surface area contributed by atoms with Gasteiger partial charge >= 0.3 is 0 Å². The normalized spacial score (nSPS) is 37.8. The van der Waals surface area contributed by atoms with Crippen molar-refractivity contribution in [3.63, 3.8) is 0 Å². The molecule has 0 aliphatic heterocycles. The predicted molar refractivity (Wildman–Crippen MR) is 80.0 cm³/mol. The van der Waals surface area contributed by atoms with Crippen LogP contribution in [-0.2, 0) is 6.42 Å². The van der Waals surface area contributed by atoms with E-state index in [9.17, 15) is 0 Å². The van der Waals surface area contributed by atoms with Gasteiger partial charge in [-0.05, 0) is 77.8 Å². The largest absolute Gasteiger partial charge is 0.313 e. The molecule has 1 N–H and O–H groups in total. The highest BCUT2D eigenvalue weighted by atomic mass is 79.9. The summed E-state index contributed by atoms with van der Waals surface area (Å²) < 4.78 is 1.26. The molecule has 1 aromatic rings. The molecular formula is C15H20BrNS. The lowest BCUT2D eigenvalue weighted by molar-refractivity contribution is 0.249. The predicted octanol–water partition coefficient (Wildman–Crippen LogP) is 4.22. The van der Waals surface area contributed by atoms with Gasteiger partial charge in [-0.1, -0.05) is 0 Å². The van der Waals surface area contributed by atoms with Crippen LogP contribution >= 0.6 is 27.3 Å². The number of hydrogen-bond donors (Lipinski definition) is 1. The second-order valence-electron chi connectivity index (χ2n) is 6.73. The summed E-state index contributed by atoms with van der Waals surface area (Å²) in [6, 6.07) is 3.18. The summed E-state index contributed by atoms with van der Waals surface area (Å²) in [5.74, 6) is 2.16. The van der Waals surface area contributed by atoms with E-state index in [4.69, 9.17) is 0 Å². The molecule has 0 aromatic carbocycles. The van der Waals surface area contributed by atoms with E-state index < -0.39 is 0 Å². The Morgan fingerprint density at radius 2 is 2.11 bits per heavy atom. The molecule has 0 radical (unpaired) electrons. The summed E-state index contributed by atoms with van der Waals surface area (Å²) in [5.41, 5.74) is 0.584. The van der Waals surface area contributed by atoms with Crippen molar-refractivity contribution in [3.8, 4) is 0 Å². The maximum Gasteiger partial charge on any atom is 0.0285 e. The van der Waals surface area contributed by atoms with Gasteiger partial charge in [0.2, 0.25) is 0 Å². The van der Waals surface area contributed by atoms with Gasteiger partial charge in [-0.25, -0.2) is 0 Å². The van der Waals surface area contributed by atoms with Gasteiger partial charge in [-0.3, -0.25) is 0 Å².